The molecule has 0 radical (unpaired) electrons. The molecule has 25 heavy (non-hydrogen) atoms. The summed E-state index contributed by atoms with van der Waals surface area (Å²) in [5.74, 6) is 0.490. The second-order valence-electron chi connectivity index (χ2n) is 8.99. The molecular weight excluding hydrogens is 316 g/mol. The maximum Gasteiger partial charge on any atom is 0.190 e. The second kappa shape index (κ2) is 5.37. The lowest BCUT2D eigenvalue weighted by Crippen LogP contribution is -2.55. The summed E-state index contributed by atoms with van der Waals surface area (Å²) < 4.78 is 0. The minimum Gasteiger partial charge on any atom is -0.388 e. The Kier molecular flexibility index (Phi) is 3.69. The molecule has 0 heterocycles. The number of ketones is 2. The SMILES string of the molecule is CC12CCC(=O)CC1=CCC1C2=CCC2(C)C1CC[C@]2(O)C(=O)CO. The van der Waals surface area contributed by atoms with Crippen molar-refractivity contribution in [1.29, 1.82) is 0 Å². The molecule has 4 nitrogen and oxygen atoms in total. The molecule has 0 amide bonds. The predicted molar refractivity (Wildman–Crippen MR) is 93.7 cm³/mol. The third-order valence-electron chi connectivity index (χ3n) is 8.07. The van der Waals surface area contributed by atoms with Crippen molar-refractivity contribution < 1.29 is 19.8 Å². The molecule has 4 heteroatoms. The Labute approximate surface area is 149 Å². The second-order valence-corrected chi connectivity index (χ2v) is 8.99. The maximum atomic E-state index is 12.3. The molecule has 5 atom stereocenters. The van der Waals surface area contributed by atoms with Crippen LogP contribution >= 0.6 is 0 Å². The molecule has 2 N–H and O–H groups in total. The first-order valence-corrected chi connectivity index (χ1v) is 9.54. The van der Waals surface area contributed by atoms with Gasteiger partial charge in [-0.05, 0) is 43.9 Å². The number of hydrogen-bond donors (Lipinski definition) is 2. The van der Waals surface area contributed by atoms with Crippen molar-refractivity contribution in [2.75, 3.05) is 6.61 Å². The van der Waals surface area contributed by atoms with Gasteiger partial charge in [0.2, 0.25) is 0 Å². The third-order valence-corrected chi connectivity index (χ3v) is 8.07. The summed E-state index contributed by atoms with van der Waals surface area (Å²) in [7, 11) is 0. The summed E-state index contributed by atoms with van der Waals surface area (Å²) in [5.41, 5.74) is 0.754. The van der Waals surface area contributed by atoms with Crippen LogP contribution in [-0.2, 0) is 9.59 Å². The number of fused-ring (bicyclic) bond motifs is 5. The minimum absolute atomic E-state index is 0.0279. The van der Waals surface area contributed by atoms with Crippen LogP contribution in [0.15, 0.2) is 23.3 Å². The zero-order valence-electron chi connectivity index (χ0n) is 15.2. The van der Waals surface area contributed by atoms with E-state index in [2.05, 4.69) is 19.1 Å². The lowest BCUT2D eigenvalue weighted by Gasteiger charge is -2.53. The smallest absolute Gasteiger partial charge is 0.190 e. The monoisotopic (exact) mass is 344 g/mol. The highest BCUT2D eigenvalue weighted by Crippen LogP contribution is 2.65. The van der Waals surface area contributed by atoms with Crippen LogP contribution in [0.4, 0.5) is 0 Å². The minimum atomic E-state index is -1.41. The van der Waals surface area contributed by atoms with Gasteiger partial charge in [-0.3, -0.25) is 9.59 Å². The molecule has 4 rings (SSSR count). The van der Waals surface area contributed by atoms with Crippen molar-refractivity contribution in [1.82, 2.24) is 0 Å². The zero-order valence-corrected chi connectivity index (χ0v) is 15.2. The lowest BCUT2D eigenvalue weighted by atomic mass is 9.51. The molecule has 0 aromatic rings. The van der Waals surface area contributed by atoms with Gasteiger partial charge in [-0.2, -0.15) is 0 Å². The molecule has 0 aromatic heterocycles. The summed E-state index contributed by atoms with van der Waals surface area (Å²) in [6, 6.07) is 0. The van der Waals surface area contributed by atoms with Crippen LogP contribution in [0.3, 0.4) is 0 Å². The molecule has 0 saturated heterocycles. The fourth-order valence-electron chi connectivity index (χ4n) is 6.39. The predicted octanol–water partition coefficient (Wildman–Crippen LogP) is 2.73. The normalized spacial score (nSPS) is 45.8. The van der Waals surface area contributed by atoms with Crippen LogP contribution in [0.1, 0.15) is 58.8 Å². The average Bonchev–Trinajstić information content (AvgIpc) is 2.87. The van der Waals surface area contributed by atoms with E-state index in [0.29, 0.717) is 37.4 Å². The molecule has 2 fully saturated rings. The first-order chi connectivity index (χ1) is 11.8. The van der Waals surface area contributed by atoms with E-state index in [4.69, 9.17) is 0 Å². The fraction of sp³-hybridized carbons (Fsp3) is 0.714. The average molecular weight is 344 g/mol. The van der Waals surface area contributed by atoms with Crippen molar-refractivity contribution in [2.24, 2.45) is 22.7 Å². The van der Waals surface area contributed by atoms with Gasteiger partial charge in [0.15, 0.2) is 5.78 Å². The van der Waals surface area contributed by atoms with E-state index in [1.807, 2.05) is 6.92 Å². The molecule has 136 valence electrons. The van der Waals surface area contributed by atoms with Crippen molar-refractivity contribution >= 4 is 11.6 Å². The van der Waals surface area contributed by atoms with E-state index in [1.54, 1.807) is 0 Å². The summed E-state index contributed by atoms with van der Waals surface area (Å²) in [4.78, 5) is 24.2. The third kappa shape index (κ3) is 2.07. The lowest BCUT2D eigenvalue weighted by molar-refractivity contribution is -0.155. The van der Waals surface area contributed by atoms with Gasteiger partial charge >= 0.3 is 0 Å². The standard InChI is InChI=1S/C21H28O4/c1-19-8-5-14(23)11-13(19)3-4-15-16(19)6-9-20(2)17(15)7-10-21(20,25)18(24)12-22/h3,6,15,17,22,25H,4-5,7-12H2,1-2H3/t15?,17?,19?,20?,21-/m0/s1. The topological polar surface area (TPSA) is 74.6 Å². The summed E-state index contributed by atoms with van der Waals surface area (Å²) in [6.07, 6.45) is 9.44. The highest BCUT2D eigenvalue weighted by molar-refractivity contribution is 5.89. The van der Waals surface area contributed by atoms with E-state index in [-0.39, 0.29) is 11.3 Å². The Morgan fingerprint density at radius 2 is 2.04 bits per heavy atom. The molecule has 0 aromatic carbocycles. The van der Waals surface area contributed by atoms with E-state index < -0.39 is 23.4 Å². The summed E-state index contributed by atoms with van der Waals surface area (Å²) >= 11 is 0. The first kappa shape index (κ1) is 17.2. The van der Waals surface area contributed by atoms with Gasteiger partial charge in [-0.15, -0.1) is 0 Å². The van der Waals surface area contributed by atoms with Crippen LogP contribution in [0, 0.1) is 22.7 Å². The summed E-state index contributed by atoms with van der Waals surface area (Å²) in [5, 5.41) is 20.5. The van der Waals surface area contributed by atoms with Crippen LogP contribution in [-0.4, -0.2) is 34.0 Å². The van der Waals surface area contributed by atoms with E-state index in [1.165, 1.54) is 11.1 Å². The quantitative estimate of drug-likeness (QED) is 0.756. The largest absolute Gasteiger partial charge is 0.388 e. The van der Waals surface area contributed by atoms with Gasteiger partial charge in [-0.25, -0.2) is 0 Å². The van der Waals surface area contributed by atoms with Gasteiger partial charge in [0, 0.05) is 23.7 Å². The molecular formula is C21H28O4. The van der Waals surface area contributed by atoms with E-state index >= 15 is 0 Å². The first-order valence-electron chi connectivity index (χ1n) is 9.54. The number of aliphatic hydroxyl groups excluding tert-OH is 1. The number of rotatable bonds is 2. The van der Waals surface area contributed by atoms with Gasteiger partial charge in [-0.1, -0.05) is 37.1 Å². The van der Waals surface area contributed by atoms with Gasteiger partial charge in [0.05, 0.1) is 0 Å². The van der Waals surface area contributed by atoms with Crippen molar-refractivity contribution in [3.05, 3.63) is 23.3 Å². The summed E-state index contributed by atoms with van der Waals surface area (Å²) in [6.45, 7) is 3.70. The van der Waals surface area contributed by atoms with Gasteiger partial charge < -0.3 is 10.2 Å². The highest BCUT2D eigenvalue weighted by Gasteiger charge is 2.63. The Bertz CT molecular complexity index is 705. The van der Waals surface area contributed by atoms with E-state index in [9.17, 15) is 19.8 Å². The van der Waals surface area contributed by atoms with Crippen molar-refractivity contribution in [3.63, 3.8) is 0 Å². The fourth-order valence-corrected chi connectivity index (χ4v) is 6.39. The molecule has 0 aliphatic heterocycles. The molecule has 4 aliphatic carbocycles. The maximum absolute atomic E-state index is 12.3. The molecule has 2 saturated carbocycles. The van der Waals surface area contributed by atoms with Crippen LogP contribution in [0.25, 0.3) is 0 Å². The van der Waals surface area contributed by atoms with Crippen molar-refractivity contribution in [3.8, 4) is 0 Å². The highest BCUT2D eigenvalue weighted by atomic mass is 16.3. The Morgan fingerprint density at radius 1 is 1.28 bits per heavy atom. The molecule has 0 spiro atoms. The number of carbonyl (C=O) groups is 2. The Morgan fingerprint density at radius 3 is 2.76 bits per heavy atom. The molecule has 4 aliphatic rings. The number of allylic oxidation sites excluding steroid dienone is 4. The Hall–Kier alpha value is -1.26. The van der Waals surface area contributed by atoms with E-state index in [0.717, 1.165) is 19.3 Å². The molecule has 4 unspecified atom stereocenters. The van der Waals surface area contributed by atoms with Crippen LogP contribution < -0.4 is 0 Å². The van der Waals surface area contributed by atoms with Crippen LogP contribution in [0.5, 0.6) is 0 Å². The molecule has 0 bridgehead atoms. The number of Topliss-reactive ketones (excluding diaryl/α,β-unsaturated/α-hetero) is 2. The van der Waals surface area contributed by atoms with Gasteiger partial charge in [0.25, 0.3) is 0 Å². The van der Waals surface area contributed by atoms with Crippen molar-refractivity contribution in [2.45, 2.75) is 64.4 Å². The Balaban J connectivity index is 1.74. The number of carbonyl (C=O) groups excluding carboxylic acids is 2. The number of aliphatic hydroxyl groups is 2. The van der Waals surface area contributed by atoms with Gasteiger partial charge in [0.1, 0.15) is 18.0 Å². The van der Waals surface area contributed by atoms with Crippen LogP contribution in [0.2, 0.25) is 0 Å². The zero-order chi connectivity index (χ0) is 18.0. The number of hydrogen-bond acceptors (Lipinski definition) is 4.